The van der Waals surface area contributed by atoms with Gasteiger partial charge in [0, 0.05) is 23.8 Å². The summed E-state index contributed by atoms with van der Waals surface area (Å²) in [6.07, 6.45) is 6.65. The number of rotatable bonds is 4. The topological polar surface area (TPSA) is 62.3 Å². The number of aromatic nitrogens is 1. The third-order valence-corrected chi connectivity index (χ3v) is 5.78. The van der Waals surface area contributed by atoms with E-state index >= 15 is 0 Å². The molecule has 1 aromatic heterocycles. The van der Waals surface area contributed by atoms with E-state index in [2.05, 4.69) is 25.6 Å². The van der Waals surface area contributed by atoms with Gasteiger partial charge in [0.1, 0.15) is 0 Å². The average molecular weight is 383 g/mol. The van der Waals surface area contributed by atoms with Crippen LogP contribution in [-0.4, -0.2) is 30.8 Å². The Hall–Kier alpha value is -0.370. The van der Waals surface area contributed by atoms with E-state index in [4.69, 9.17) is 11.6 Å². The molecule has 1 aromatic rings. The quantitative estimate of drug-likeness (QED) is 0.812. The molecule has 1 heterocycles. The van der Waals surface area contributed by atoms with Crippen LogP contribution < -0.4 is 4.72 Å². The van der Waals surface area contributed by atoms with Gasteiger partial charge in [-0.05, 0) is 34.8 Å². The highest BCUT2D eigenvalue weighted by molar-refractivity contribution is 9.10. The molecule has 0 saturated heterocycles. The van der Waals surface area contributed by atoms with Crippen molar-refractivity contribution in [2.24, 2.45) is 0 Å². The summed E-state index contributed by atoms with van der Waals surface area (Å²) in [6.45, 7) is 0. The monoisotopic (exact) mass is 381 g/mol. The van der Waals surface area contributed by atoms with E-state index in [1.54, 1.807) is 13.1 Å². The van der Waals surface area contributed by atoms with Crippen LogP contribution in [0.1, 0.15) is 32.1 Å². The second-order valence-electron chi connectivity index (χ2n) is 4.91. The van der Waals surface area contributed by atoms with Crippen LogP contribution in [-0.2, 0) is 10.2 Å². The van der Waals surface area contributed by atoms with Crippen molar-refractivity contribution in [2.45, 2.75) is 38.1 Å². The van der Waals surface area contributed by atoms with Gasteiger partial charge in [0.25, 0.3) is 0 Å². The zero-order valence-corrected chi connectivity index (χ0v) is 14.3. The highest BCUT2D eigenvalue weighted by Gasteiger charge is 2.28. The second-order valence-corrected chi connectivity index (χ2v) is 7.91. The Balaban J connectivity index is 2.15. The Morgan fingerprint density at radius 2 is 2.05 bits per heavy atom. The van der Waals surface area contributed by atoms with Crippen LogP contribution in [0.25, 0.3) is 0 Å². The molecule has 1 aliphatic rings. The second kappa shape index (κ2) is 6.60. The number of nitrogens with zero attached hydrogens (tertiary/aromatic N) is 2. The van der Waals surface area contributed by atoms with Gasteiger partial charge < -0.3 is 0 Å². The molecular formula is C12H17BrClN3O2S. The molecule has 1 fully saturated rings. The predicted molar refractivity (Wildman–Crippen MR) is 84.1 cm³/mol. The Bertz CT molecular complexity index is 576. The van der Waals surface area contributed by atoms with Crippen molar-refractivity contribution >= 4 is 43.4 Å². The van der Waals surface area contributed by atoms with Gasteiger partial charge in [-0.25, -0.2) is 4.98 Å². The molecule has 1 aliphatic carbocycles. The van der Waals surface area contributed by atoms with E-state index in [0.717, 1.165) is 25.7 Å². The van der Waals surface area contributed by atoms with Crippen molar-refractivity contribution in [1.82, 2.24) is 9.29 Å². The highest BCUT2D eigenvalue weighted by atomic mass is 79.9. The molecule has 0 amide bonds. The first-order valence-electron chi connectivity index (χ1n) is 6.47. The molecule has 112 valence electrons. The van der Waals surface area contributed by atoms with Crippen molar-refractivity contribution in [1.29, 1.82) is 0 Å². The number of anilines is 1. The zero-order chi connectivity index (χ0) is 14.8. The first-order valence-corrected chi connectivity index (χ1v) is 9.08. The fraction of sp³-hybridized carbons (Fsp3) is 0.583. The van der Waals surface area contributed by atoms with Crippen molar-refractivity contribution in [2.75, 3.05) is 11.8 Å². The normalized spacial score (nSPS) is 17.4. The Morgan fingerprint density at radius 1 is 1.40 bits per heavy atom. The van der Waals surface area contributed by atoms with Gasteiger partial charge in [-0.15, -0.1) is 0 Å². The summed E-state index contributed by atoms with van der Waals surface area (Å²) in [5.74, 6) is 0. The maximum Gasteiger partial charge on any atom is 0.301 e. The molecule has 8 heteroatoms. The zero-order valence-electron chi connectivity index (χ0n) is 11.1. The predicted octanol–water partition coefficient (Wildman–Crippen LogP) is 3.42. The van der Waals surface area contributed by atoms with E-state index in [1.165, 1.54) is 16.9 Å². The third kappa shape index (κ3) is 3.84. The summed E-state index contributed by atoms with van der Waals surface area (Å²) in [5.41, 5.74) is 0.281. The molecule has 1 N–H and O–H groups in total. The number of pyridine rings is 1. The van der Waals surface area contributed by atoms with E-state index < -0.39 is 10.2 Å². The number of nitrogens with one attached hydrogen (secondary N) is 1. The van der Waals surface area contributed by atoms with Gasteiger partial charge >= 0.3 is 10.2 Å². The summed E-state index contributed by atoms with van der Waals surface area (Å²) in [7, 11) is -2.01. The van der Waals surface area contributed by atoms with Crippen LogP contribution in [0.5, 0.6) is 0 Å². The standard InChI is InChI=1S/C12H17BrClN3O2S/c1-17(10-5-3-2-4-6-10)20(18,19)16-11-7-9(13)8-15-12(11)14/h7-8,10,16H,2-6H2,1H3. The summed E-state index contributed by atoms with van der Waals surface area (Å²) >= 11 is 9.16. The molecule has 0 bridgehead atoms. The summed E-state index contributed by atoms with van der Waals surface area (Å²) in [5, 5.41) is 0.133. The molecule has 5 nitrogen and oxygen atoms in total. The van der Waals surface area contributed by atoms with E-state index in [1.807, 2.05) is 0 Å². The lowest BCUT2D eigenvalue weighted by molar-refractivity contribution is 0.287. The lowest BCUT2D eigenvalue weighted by atomic mass is 9.96. The van der Waals surface area contributed by atoms with E-state index in [9.17, 15) is 8.42 Å². The summed E-state index contributed by atoms with van der Waals surface area (Å²) in [6, 6.07) is 1.65. The number of halogens is 2. The molecule has 0 aliphatic heterocycles. The van der Waals surface area contributed by atoms with E-state index in [-0.39, 0.29) is 16.9 Å². The van der Waals surface area contributed by atoms with Gasteiger partial charge in [0.15, 0.2) is 5.15 Å². The Labute approximate surface area is 133 Å². The van der Waals surface area contributed by atoms with Crippen LogP contribution in [0.15, 0.2) is 16.7 Å². The van der Waals surface area contributed by atoms with Gasteiger partial charge in [-0.3, -0.25) is 4.72 Å². The Morgan fingerprint density at radius 3 is 2.70 bits per heavy atom. The molecule has 1 saturated carbocycles. The van der Waals surface area contributed by atoms with Gasteiger partial charge in [0.05, 0.1) is 5.69 Å². The molecule has 0 aromatic carbocycles. The third-order valence-electron chi connectivity index (χ3n) is 3.51. The largest absolute Gasteiger partial charge is 0.301 e. The maximum atomic E-state index is 12.4. The van der Waals surface area contributed by atoms with Crippen molar-refractivity contribution in [3.63, 3.8) is 0 Å². The maximum absolute atomic E-state index is 12.4. The van der Waals surface area contributed by atoms with Gasteiger partial charge in [-0.1, -0.05) is 30.9 Å². The first kappa shape index (κ1) is 16.0. The average Bonchev–Trinajstić information content (AvgIpc) is 2.43. The van der Waals surface area contributed by atoms with Gasteiger partial charge in [0.2, 0.25) is 0 Å². The first-order chi connectivity index (χ1) is 9.40. The molecule has 20 heavy (non-hydrogen) atoms. The van der Waals surface area contributed by atoms with Crippen LogP contribution in [0.3, 0.4) is 0 Å². The van der Waals surface area contributed by atoms with Crippen molar-refractivity contribution in [3.05, 3.63) is 21.9 Å². The summed E-state index contributed by atoms with van der Waals surface area (Å²) < 4.78 is 29.3. The molecule has 0 atom stereocenters. The van der Waals surface area contributed by atoms with Crippen LogP contribution in [0, 0.1) is 0 Å². The number of hydrogen-bond acceptors (Lipinski definition) is 3. The minimum absolute atomic E-state index is 0.0557. The fourth-order valence-electron chi connectivity index (χ4n) is 2.35. The van der Waals surface area contributed by atoms with Crippen molar-refractivity contribution < 1.29 is 8.42 Å². The minimum atomic E-state index is -3.61. The van der Waals surface area contributed by atoms with Crippen LogP contribution in [0.2, 0.25) is 5.15 Å². The molecule has 0 radical (unpaired) electrons. The van der Waals surface area contributed by atoms with Crippen LogP contribution >= 0.6 is 27.5 Å². The van der Waals surface area contributed by atoms with Gasteiger partial charge in [-0.2, -0.15) is 12.7 Å². The molecule has 0 unspecified atom stereocenters. The lowest BCUT2D eigenvalue weighted by Crippen LogP contribution is -2.41. The smallest absolute Gasteiger partial charge is 0.268 e. The summed E-state index contributed by atoms with van der Waals surface area (Å²) in [4.78, 5) is 3.91. The molecule has 0 spiro atoms. The van der Waals surface area contributed by atoms with E-state index in [0.29, 0.717) is 4.47 Å². The lowest BCUT2D eigenvalue weighted by Gasteiger charge is -2.30. The van der Waals surface area contributed by atoms with Crippen molar-refractivity contribution in [3.8, 4) is 0 Å². The molecular weight excluding hydrogens is 366 g/mol. The highest BCUT2D eigenvalue weighted by Crippen LogP contribution is 2.27. The van der Waals surface area contributed by atoms with Crippen LogP contribution in [0.4, 0.5) is 5.69 Å². The Kier molecular flexibility index (Phi) is 5.28. The minimum Gasteiger partial charge on any atom is -0.268 e. The molecule has 2 rings (SSSR count). The number of hydrogen-bond donors (Lipinski definition) is 1. The SMILES string of the molecule is CN(C1CCCCC1)S(=O)(=O)Nc1cc(Br)cnc1Cl. The fourth-order valence-corrected chi connectivity index (χ4v) is 4.06.